The summed E-state index contributed by atoms with van der Waals surface area (Å²) in [5.41, 5.74) is 9.77. The lowest BCUT2D eigenvalue weighted by molar-refractivity contribution is 0.182. The van der Waals surface area contributed by atoms with Crippen LogP contribution in [0.25, 0.3) is 0 Å². The summed E-state index contributed by atoms with van der Waals surface area (Å²) < 4.78 is 0. The Labute approximate surface area is 98.4 Å². The summed E-state index contributed by atoms with van der Waals surface area (Å²) in [5.74, 6) is 0. The second-order valence-corrected chi connectivity index (χ2v) is 4.74. The Hall–Kier alpha value is -1.02. The molecule has 1 atom stereocenters. The number of anilines is 1. The highest BCUT2D eigenvalue weighted by molar-refractivity contribution is 5.52. The second kappa shape index (κ2) is 4.88. The van der Waals surface area contributed by atoms with Gasteiger partial charge in [0.25, 0.3) is 0 Å². The van der Waals surface area contributed by atoms with Gasteiger partial charge >= 0.3 is 0 Å². The SMILES string of the molecule is CCCC(CC)N1Cc2cccc(N)c2C1. The standard InChI is InChI=1S/C14H22N2/c1-3-6-12(4-2)16-9-11-7-5-8-14(15)13(11)10-16/h5,7-8,12H,3-4,6,9-10,15H2,1-2H3. The van der Waals surface area contributed by atoms with Crippen LogP contribution in [0.3, 0.4) is 0 Å². The minimum Gasteiger partial charge on any atom is -0.398 e. The van der Waals surface area contributed by atoms with Gasteiger partial charge in [-0.25, -0.2) is 0 Å². The minimum absolute atomic E-state index is 0.719. The van der Waals surface area contributed by atoms with Crippen LogP contribution in [-0.2, 0) is 13.1 Å². The van der Waals surface area contributed by atoms with Crippen LogP contribution in [0.15, 0.2) is 18.2 Å². The highest BCUT2D eigenvalue weighted by Crippen LogP contribution is 2.30. The first kappa shape index (κ1) is 11.5. The van der Waals surface area contributed by atoms with Crippen molar-refractivity contribution in [2.24, 2.45) is 0 Å². The number of hydrogen-bond acceptors (Lipinski definition) is 2. The molecular weight excluding hydrogens is 196 g/mol. The van der Waals surface area contributed by atoms with Crippen LogP contribution in [0.2, 0.25) is 0 Å². The first-order valence-electron chi connectivity index (χ1n) is 6.36. The van der Waals surface area contributed by atoms with Crippen molar-refractivity contribution in [2.75, 3.05) is 5.73 Å². The van der Waals surface area contributed by atoms with E-state index in [2.05, 4.69) is 30.9 Å². The molecule has 0 aliphatic carbocycles. The maximum absolute atomic E-state index is 6.02. The maximum atomic E-state index is 6.02. The van der Waals surface area contributed by atoms with E-state index in [4.69, 9.17) is 5.73 Å². The molecule has 88 valence electrons. The normalized spacial score (nSPS) is 17.4. The van der Waals surface area contributed by atoms with Gasteiger partial charge in [0, 0.05) is 24.8 Å². The third-order valence-corrected chi connectivity index (χ3v) is 3.65. The summed E-state index contributed by atoms with van der Waals surface area (Å²) >= 11 is 0. The van der Waals surface area contributed by atoms with Gasteiger partial charge in [-0.05, 0) is 30.0 Å². The van der Waals surface area contributed by atoms with E-state index in [0.717, 1.165) is 24.8 Å². The van der Waals surface area contributed by atoms with E-state index in [1.54, 1.807) is 0 Å². The van der Waals surface area contributed by atoms with Crippen LogP contribution < -0.4 is 5.73 Å². The molecule has 1 aliphatic heterocycles. The van der Waals surface area contributed by atoms with Crippen LogP contribution in [-0.4, -0.2) is 10.9 Å². The highest BCUT2D eigenvalue weighted by Gasteiger charge is 2.25. The highest BCUT2D eigenvalue weighted by atomic mass is 15.2. The van der Waals surface area contributed by atoms with E-state index in [1.807, 2.05) is 6.07 Å². The smallest absolute Gasteiger partial charge is 0.0363 e. The summed E-state index contributed by atoms with van der Waals surface area (Å²) in [4.78, 5) is 2.57. The van der Waals surface area contributed by atoms with Crippen molar-refractivity contribution in [3.63, 3.8) is 0 Å². The molecule has 0 radical (unpaired) electrons. The van der Waals surface area contributed by atoms with Crippen LogP contribution in [0.5, 0.6) is 0 Å². The predicted molar refractivity (Wildman–Crippen MR) is 69.1 cm³/mol. The van der Waals surface area contributed by atoms with E-state index < -0.39 is 0 Å². The molecule has 1 unspecified atom stereocenters. The number of fused-ring (bicyclic) bond motifs is 1. The van der Waals surface area contributed by atoms with Gasteiger partial charge in [-0.2, -0.15) is 0 Å². The van der Waals surface area contributed by atoms with E-state index in [9.17, 15) is 0 Å². The van der Waals surface area contributed by atoms with E-state index in [1.165, 1.54) is 30.4 Å². The first-order valence-corrected chi connectivity index (χ1v) is 6.36. The summed E-state index contributed by atoms with van der Waals surface area (Å²) in [6, 6.07) is 7.02. The predicted octanol–water partition coefficient (Wildman–Crippen LogP) is 3.16. The Morgan fingerprint density at radius 1 is 1.31 bits per heavy atom. The molecule has 2 nitrogen and oxygen atoms in total. The molecule has 2 N–H and O–H groups in total. The molecular formula is C14H22N2. The Kier molecular flexibility index (Phi) is 3.49. The molecule has 1 aromatic rings. The number of rotatable bonds is 4. The molecule has 1 heterocycles. The molecule has 2 rings (SSSR count). The zero-order chi connectivity index (χ0) is 11.5. The molecule has 1 aromatic carbocycles. The van der Waals surface area contributed by atoms with Crippen molar-refractivity contribution in [1.82, 2.24) is 4.90 Å². The number of nitrogens with two attached hydrogens (primary N) is 1. The molecule has 2 heteroatoms. The second-order valence-electron chi connectivity index (χ2n) is 4.74. The van der Waals surface area contributed by atoms with E-state index >= 15 is 0 Å². The lowest BCUT2D eigenvalue weighted by Gasteiger charge is -2.26. The van der Waals surface area contributed by atoms with Gasteiger partial charge in [-0.15, -0.1) is 0 Å². The average Bonchev–Trinajstić information content (AvgIpc) is 2.71. The molecule has 0 saturated heterocycles. The third kappa shape index (κ3) is 2.07. The van der Waals surface area contributed by atoms with Crippen molar-refractivity contribution in [3.05, 3.63) is 29.3 Å². The molecule has 0 aromatic heterocycles. The average molecular weight is 218 g/mol. The zero-order valence-corrected chi connectivity index (χ0v) is 10.4. The summed E-state index contributed by atoms with van der Waals surface area (Å²) in [5, 5.41) is 0. The topological polar surface area (TPSA) is 29.3 Å². The number of benzene rings is 1. The molecule has 0 spiro atoms. The number of hydrogen-bond donors (Lipinski definition) is 1. The lowest BCUT2D eigenvalue weighted by Crippen LogP contribution is -2.29. The Morgan fingerprint density at radius 3 is 2.75 bits per heavy atom. The molecule has 0 bridgehead atoms. The Bertz CT molecular complexity index is 360. The van der Waals surface area contributed by atoms with Gasteiger partial charge in [0.15, 0.2) is 0 Å². The van der Waals surface area contributed by atoms with Crippen LogP contribution in [0.1, 0.15) is 44.2 Å². The van der Waals surface area contributed by atoms with Gasteiger partial charge in [0.2, 0.25) is 0 Å². The lowest BCUT2D eigenvalue weighted by atomic mass is 10.1. The van der Waals surface area contributed by atoms with Gasteiger partial charge in [0.05, 0.1) is 0 Å². The fourth-order valence-electron chi connectivity index (χ4n) is 2.71. The van der Waals surface area contributed by atoms with Crippen molar-refractivity contribution in [2.45, 2.75) is 52.2 Å². The van der Waals surface area contributed by atoms with Gasteiger partial charge in [0.1, 0.15) is 0 Å². The monoisotopic (exact) mass is 218 g/mol. The first-order chi connectivity index (χ1) is 7.76. The van der Waals surface area contributed by atoms with E-state index in [-0.39, 0.29) is 0 Å². The summed E-state index contributed by atoms with van der Waals surface area (Å²) in [7, 11) is 0. The third-order valence-electron chi connectivity index (χ3n) is 3.65. The molecule has 0 saturated carbocycles. The largest absolute Gasteiger partial charge is 0.398 e. The van der Waals surface area contributed by atoms with Crippen molar-refractivity contribution in [3.8, 4) is 0 Å². The molecule has 0 amide bonds. The van der Waals surface area contributed by atoms with Crippen molar-refractivity contribution < 1.29 is 0 Å². The van der Waals surface area contributed by atoms with Crippen molar-refractivity contribution in [1.29, 1.82) is 0 Å². The van der Waals surface area contributed by atoms with E-state index in [0.29, 0.717) is 0 Å². The molecule has 1 aliphatic rings. The molecule has 16 heavy (non-hydrogen) atoms. The minimum atomic E-state index is 0.719. The number of nitrogen functional groups attached to an aromatic ring is 1. The summed E-state index contributed by atoms with van der Waals surface area (Å²) in [6.07, 6.45) is 3.80. The fraction of sp³-hybridized carbons (Fsp3) is 0.571. The van der Waals surface area contributed by atoms with Crippen molar-refractivity contribution >= 4 is 5.69 Å². The van der Waals surface area contributed by atoms with Gasteiger partial charge in [-0.1, -0.05) is 32.4 Å². The van der Waals surface area contributed by atoms with Crippen LogP contribution >= 0.6 is 0 Å². The summed E-state index contributed by atoms with van der Waals surface area (Å²) in [6.45, 7) is 6.67. The molecule has 0 fully saturated rings. The van der Waals surface area contributed by atoms with Gasteiger partial charge < -0.3 is 5.73 Å². The van der Waals surface area contributed by atoms with Gasteiger partial charge in [-0.3, -0.25) is 4.90 Å². The van der Waals surface area contributed by atoms with Crippen LogP contribution in [0, 0.1) is 0 Å². The van der Waals surface area contributed by atoms with Crippen LogP contribution in [0.4, 0.5) is 5.69 Å². The maximum Gasteiger partial charge on any atom is 0.0363 e. The zero-order valence-electron chi connectivity index (χ0n) is 10.4. The fourth-order valence-corrected chi connectivity index (χ4v) is 2.71. The Balaban J connectivity index is 2.12. The Morgan fingerprint density at radius 2 is 2.12 bits per heavy atom. The quantitative estimate of drug-likeness (QED) is 0.787. The number of nitrogens with zero attached hydrogens (tertiary/aromatic N) is 1.